The Morgan fingerprint density at radius 2 is 1.89 bits per heavy atom. The van der Waals surface area contributed by atoms with Gasteiger partial charge in [-0.25, -0.2) is 0 Å². The van der Waals surface area contributed by atoms with E-state index in [0.29, 0.717) is 6.04 Å². The van der Waals surface area contributed by atoms with E-state index in [0.717, 1.165) is 36.5 Å². The highest BCUT2D eigenvalue weighted by Crippen LogP contribution is 2.30. The third-order valence-corrected chi connectivity index (χ3v) is 3.68. The monoisotopic (exact) mass is 253 g/mol. The zero-order valence-electron chi connectivity index (χ0n) is 10.6. The molecule has 1 aromatic heterocycles. The predicted molar refractivity (Wildman–Crippen MR) is 76.6 cm³/mol. The van der Waals surface area contributed by atoms with Gasteiger partial charge < -0.3 is 14.5 Å². The van der Waals surface area contributed by atoms with E-state index < -0.39 is 0 Å². The Balaban J connectivity index is 1.78. The van der Waals surface area contributed by atoms with Crippen LogP contribution in [-0.2, 0) is 4.74 Å². The third kappa shape index (κ3) is 1.87. The number of hydrogen-bond acceptors (Lipinski definition) is 3. The summed E-state index contributed by atoms with van der Waals surface area (Å²) in [7, 11) is 0. The zero-order valence-corrected chi connectivity index (χ0v) is 10.6. The molecule has 0 saturated carbocycles. The number of benzene rings is 2. The van der Waals surface area contributed by atoms with Crippen LogP contribution in [0.1, 0.15) is 6.42 Å². The molecule has 1 atom stereocenters. The molecule has 0 spiro atoms. The van der Waals surface area contributed by atoms with Crippen molar-refractivity contribution >= 4 is 27.6 Å². The second-order valence-electron chi connectivity index (χ2n) is 5.01. The maximum atomic E-state index is 5.82. The van der Waals surface area contributed by atoms with Crippen LogP contribution in [0.5, 0.6) is 0 Å². The van der Waals surface area contributed by atoms with Gasteiger partial charge in [0.25, 0.3) is 0 Å². The molecule has 1 aliphatic heterocycles. The van der Waals surface area contributed by atoms with Gasteiger partial charge in [0, 0.05) is 23.1 Å². The van der Waals surface area contributed by atoms with Gasteiger partial charge in [0.1, 0.15) is 11.2 Å². The molecule has 96 valence electrons. The highest BCUT2D eigenvalue weighted by molar-refractivity contribution is 6.05. The van der Waals surface area contributed by atoms with Gasteiger partial charge in [-0.3, -0.25) is 0 Å². The first-order chi connectivity index (χ1) is 9.40. The Hall–Kier alpha value is -2.00. The van der Waals surface area contributed by atoms with Gasteiger partial charge in [-0.15, -0.1) is 0 Å². The van der Waals surface area contributed by atoms with Crippen molar-refractivity contribution in [3.05, 3.63) is 42.5 Å². The molecule has 3 aromatic rings. The van der Waals surface area contributed by atoms with E-state index in [4.69, 9.17) is 9.15 Å². The topological polar surface area (TPSA) is 34.4 Å². The molecule has 3 nitrogen and oxygen atoms in total. The van der Waals surface area contributed by atoms with Crippen molar-refractivity contribution in [1.82, 2.24) is 0 Å². The van der Waals surface area contributed by atoms with Gasteiger partial charge in [-0.1, -0.05) is 18.2 Å². The Labute approximate surface area is 111 Å². The van der Waals surface area contributed by atoms with Crippen LogP contribution < -0.4 is 5.32 Å². The van der Waals surface area contributed by atoms with E-state index >= 15 is 0 Å². The van der Waals surface area contributed by atoms with Crippen molar-refractivity contribution in [2.75, 3.05) is 18.5 Å². The number of hydrogen-bond donors (Lipinski definition) is 1. The fourth-order valence-corrected chi connectivity index (χ4v) is 2.70. The number of nitrogens with one attached hydrogen (secondary N) is 1. The molecule has 3 heteroatoms. The van der Waals surface area contributed by atoms with E-state index in [1.807, 2.05) is 24.3 Å². The summed E-state index contributed by atoms with van der Waals surface area (Å²) in [6, 6.07) is 14.9. The Bertz CT molecular complexity index is 726. The molecule has 0 bridgehead atoms. The molecule has 0 amide bonds. The first-order valence-electron chi connectivity index (χ1n) is 6.66. The number of anilines is 1. The quantitative estimate of drug-likeness (QED) is 0.754. The van der Waals surface area contributed by atoms with Gasteiger partial charge in [0.05, 0.1) is 12.6 Å². The fourth-order valence-electron chi connectivity index (χ4n) is 2.70. The van der Waals surface area contributed by atoms with Crippen LogP contribution in [-0.4, -0.2) is 19.3 Å². The minimum Gasteiger partial charge on any atom is -0.456 e. The van der Waals surface area contributed by atoms with E-state index in [-0.39, 0.29) is 0 Å². The lowest BCUT2D eigenvalue weighted by molar-refractivity contribution is 0.195. The number of fused-ring (bicyclic) bond motifs is 3. The molecular weight excluding hydrogens is 238 g/mol. The van der Waals surface area contributed by atoms with Crippen molar-refractivity contribution in [2.45, 2.75) is 12.5 Å². The number of rotatable bonds is 2. The first-order valence-corrected chi connectivity index (χ1v) is 6.66. The summed E-state index contributed by atoms with van der Waals surface area (Å²) < 4.78 is 11.2. The minimum absolute atomic E-state index is 0.426. The van der Waals surface area contributed by atoms with Gasteiger partial charge >= 0.3 is 0 Å². The van der Waals surface area contributed by atoms with Crippen LogP contribution in [0.25, 0.3) is 21.9 Å². The Morgan fingerprint density at radius 1 is 1.00 bits per heavy atom. The number of furan rings is 1. The number of para-hydroxylation sites is 1. The van der Waals surface area contributed by atoms with Crippen molar-refractivity contribution in [3.8, 4) is 0 Å². The fraction of sp³-hybridized carbons (Fsp3) is 0.250. The summed E-state index contributed by atoms with van der Waals surface area (Å²) in [5, 5.41) is 5.86. The van der Waals surface area contributed by atoms with Crippen molar-refractivity contribution < 1.29 is 9.15 Å². The van der Waals surface area contributed by atoms with Crippen molar-refractivity contribution in [1.29, 1.82) is 0 Å². The van der Waals surface area contributed by atoms with E-state index in [9.17, 15) is 0 Å². The molecule has 2 heterocycles. The number of ether oxygens (including phenoxy) is 1. The summed E-state index contributed by atoms with van der Waals surface area (Å²) in [5.74, 6) is 0. The minimum atomic E-state index is 0.426. The molecule has 19 heavy (non-hydrogen) atoms. The SMILES string of the molecule is c1ccc2c(c1)oc1ccc(NC3CCOC3)cc12. The highest BCUT2D eigenvalue weighted by Gasteiger charge is 2.15. The van der Waals surface area contributed by atoms with E-state index in [2.05, 4.69) is 23.5 Å². The molecule has 4 rings (SSSR count). The zero-order chi connectivity index (χ0) is 12.7. The van der Waals surface area contributed by atoms with Crippen LogP contribution in [0.3, 0.4) is 0 Å². The lowest BCUT2D eigenvalue weighted by atomic mass is 10.1. The predicted octanol–water partition coefficient (Wildman–Crippen LogP) is 3.79. The average Bonchev–Trinajstić information content (AvgIpc) is 3.06. The molecule has 1 unspecified atom stereocenters. The Kier molecular flexibility index (Phi) is 2.45. The summed E-state index contributed by atoms with van der Waals surface area (Å²) in [6.45, 7) is 1.65. The van der Waals surface area contributed by atoms with Crippen LogP contribution in [0, 0.1) is 0 Å². The molecule has 1 saturated heterocycles. The summed E-state index contributed by atoms with van der Waals surface area (Å²) >= 11 is 0. The lowest BCUT2D eigenvalue weighted by Gasteiger charge is -2.11. The summed E-state index contributed by atoms with van der Waals surface area (Å²) in [4.78, 5) is 0. The third-order valence-electron chi connectivity index (χ3n) is 3.68. The maximum absolute atomic E-state index is 5.82. The van der Waals surface area contributed by atoms with Gasteiger partial charge in [-0.2, -0.15) is 0 Å². The molecule has 1 N–H and O–H groups in total. The highest BCUT2D eigenvalue weighted by atomic mass is 16.5. The van der Waals surface area contributed by atoms with Crippen molar-refractivity contribution in [3.63, 3.8) is 0 Å². The molecular formula is C16H15NO2. The lowest BCUT2D eigenvalue weighted by Crippen LogP contribution is -2.18. The maximum Gasteiger partial charge on any atom is 0.135 e. The normalized spacial score (nSPS) is 19.3. The largest absolute Gasteiger partial charge is 0.456 e. The standard InChI is InChI=1S/C16H15NO2/c1-2-4-15-13(3-1)14-9-11(5-6-16(14)19-15)17-12-7-8-18-10-12/h1-6,9,12,17H,7-8,10H2. The van der Waals surface area contributed by atoms with Crippen molar-refractivity contribution in [2.24, 2.45) is 0 Å². The van der Waals surface area contributed by atoms with Gasteiger partial charge in [-0.05, 0) is 30.7 Å². The van der Waals surface area contributed by atoms with Crippen LogP contribution >= 0.6 is 0 Å². The van der Waals surface area contributed by atoms with E-state index in [1.54, 1.807) is 0 Å². The van der Waals surface area contributed by atoms with Crippen LogP contribution in [0.2, 0.25) is 0 Å². The smallest absolute Gasteiger partial charge is 0.135 e. The van der Waals surface area contributed by atoms with Crippen LogP contribution in [0.4, 0.5) is 5.69 Å². The van der Waals surface area contributed by atoms with E-state index in [1.165, 1.54) is 10.8 Å². The molecule has 1 fully saturated rings. The second-order valence-corrected chi connectivity index (χ2v) is 5.01. The molecule has 0 aliphatic carbocycles. The second kappa shape index (κ2) is 4.28. The molecule has 0 radical (unpaired) electrons. The summed E-state index contributed by atoms with van der Waals surface area (Å²) in [6.07, 6.45) is 1.07. The first kappa shape index (κ1) is 10.9. The molecule has 1 aliphatic rings. The summed E-state index contributed by atoms with van der Waals surface area (Å²) in [5.41, 5.74) is 3.02. The average molecular weight is 253 g/mol. The van der Waals surface area contributed by atoms with Gasteiger partial charge in [0.2, 0.25) is 0 Å². The Morgan fingerprint density at radius 3 is 2.79 bits per heavy atom. The van der Waals surface area contributed by atoms with Crippen LogP contribution in [0.15, 0.2) is 46.9 Å². The van der Waals surface area contributed by atoms with Gasteiger partial charge in [0.15, 0.2) is 0 Å². The molecule has 2 aromatic carbocycles.